The maximum Gasteiger partial charge on any atom is 0.418 e. The first-order valence-electron chi connectivity index (χ1n) is 5.37. The van der Waals surface area contributed by atoms with Gasteiger partial charge < -0.3 is 5.32 Å². The van der Waals surface area contributed by atoms with E-state index in [-0.39, 0.29) is 11.7 Å². The van der Waals surface area contributed by atoms with E-state index < -0.39 is 11.7 Å². The van der Waals surface area contributed by atoms with E-state index in [4.69, 9.17) is 0 Å². The molecule has 0 aromatic heterocycles. The fourth-order valence-corrected chi connectivity index (χ4v) is 2.08. The molecule has 1 nitrogen and oxygen atoms in total. The lowest BCUT2D eigenvalue weighted by Crippen LogP contribution is -2.19. The second kappa shape index (κ2) is 6.19. The van der Waals surface area contributed by atoms with E-state index >= 15 is 0 Å². The zero-order valence-electron chi connectivity index (χ0n) is 9.84. The second-order valence-electron chi connectivity index (χ2n) is 3.87. The molecule has 0 bridgehead atoms. The molecule has 0 aliphatic heterocycles. The van der Waals surface area contributed by atoms with E-state index in [0.717, 1.165) is 18.2 Å². The molecule has 0 saturated heterocycles. The topological polar surface area (TPSA) is 12.0 Å². The van der Waals surface area contributed by atoms with E-state index in [1.165, 1.54) is 12.1 Å². The molecule has 1 aromatic rings. The van der Waals surface area contributed by atoms with Gasteiger partial charge in [-0.25, -0.2) is 0 Å². The smallest absolute Gasteiger partial charge is 0.382 e. The molecule has 1 aromatic carbocycles. The highest BCUT2D eigenvalue weighted by Gasteiger charge is 2.33. The van der Waals surface area contributed by atoms with Gasteiger partial charge in [0.25, 0.3) is 0 Å². The molecule has 1 rings (SSSR count). The van der Waals surface area contributed by atoms with Gasteiger partial charge >= 0.3 is 6.18 Å². The van der Waals surface area contributed by atoms with Crippen LogP contribution in [0.4, 0.5) is 18.9 Å². The van der Waals surface area contributed by atoms with Crippen molar-refractivity contribution in [1.29, 1.82) is 0 Å². The molecular formula is C12H16F3NS. The molecule has 17 heavy (non-hydrogen) atoms. The lowest BCUT2D eigenvalue weighted by Gasteiger charge is -2.19. The van der Waals surface area contributed by atoms with Crippen molar-refractivity contribution in [3.63, 3.8) is 0 Å². The highest BCUT2D eigenvalue weighted by Crippen LogP contribution is 2.34. The van der Waals surface area contributed by atoms with Crippen LogP contribution in [0.15, 0.2) is 24.3 Å². The number of thioether (sulfide) groups is 1. The molecular weight excluding hydrogens is 247 g/mol. The standard InChI is InChI=1S/C12H16F3NS/c1-9(7-8-17-2)16-11-6-4-3-5-10(11)12(13,14)15/h3-6,9,16H,7-8H2,1-2H3. The monoisotopic (exact) mass is 263 g/mol. The van der Waals surface area contributed by atoms with Crippen LogP contribution in [0.3, 0.4) is 0 Å². The minimum absolute atomic E-state index is 0.0333. The zero-order chi connectivity index (χ0) is 12.9. The number of hydrogen-bond donors (Lipinski definition) is 1. The maximum atomic E-state index is 12.7. The average Bonchev–Trinajstić information content (AvgIpc) is 2.25. The maximum absolute atomic E-state index is 12.7. The fourth-order valence-electron chi connectivity index (χ4n) is 1.49. The van der Waals surface area contributed by atoms with Crippen molar-refractivity contribution in [3.8, 4) is 0 Å². The van der Waals surface area contributed by atoms with Crippen LogP contribution in [0, 0.1) is 0 Å². The van der Waals surface area contributed by atoms with Crippen molar-refractivity contribution in [2.45, 2.75) is 25.6 Å². The SMILES string of the molecule is CSCCC(C)Nc1ccccc1C(F)(F)F. The molecule has 0 radical (unpaired) electrons. The minimum atomic E-state index is -4.30. The van der Waals surface area contributed by atoms with Gasteiger partial charge in [-0.3, -0.25) is 0 Å². The molecule has 0 aliphatic rings. The molecule has 96 valence electrons. The van der Waals surface area contributed by atoms with Crippen molar-refractivity contribution < 1.29 is 13.2 Å². The van der Waals surface area contributed by atoms with Crippen LogP contribution in [0.25, 0.3) is 0 Å². The zero-order valence-corrected chi connectivity index (χ0v) is 10.7. The summed E-state index contributed by atoms with van der Waals surface area (Å²) in [7, 11) is 0. The highest BCUT2D eigenvalue weighted by molar-refractivity contribution is 7.98. The minimum Gasteiger partial charge on any atom is -0.382 e. The van der Waals surface area contributed by atoms with Crippen LogP contribution >= 0.6 is 11.8 Å². The third-order valence-electron chi connectivity index (χ3n) is 2.39. The first-order valence-corrected chi connectivity index (χ1v) is 6.76. The number of alkyl halides is 3. The summed E-state index contributed by atoms with van der Waals surface area (Å²) in [4.78, 5) is 0. The van der Waals surface area contributed by atoms with Crippen molar-refractivity contribution in [2.24, 2.45) is 0 Å². The Kier molecular flexibility index (Phi) is 5.18. The molecule has 0 saturated carbocycles. The van der Waals surface area contributed by atoms with Crippen LogP contribution in [0.1, 0.15) is 18.9 Å². The lowest BCUT2D eigenvalue weighted by molar-refractivity contribution is -0.137. The molecule has 0 fully saturated rings. The Morgan fingerprint density at radius 1 is 1.29 bits per heavy atom. The number of halogens is 3. The van der Waals surface area contributed by atoms with E-state index in [9.17, 15) is 13.2 Å². The van der Waals surface area contributed by atoms with Crippen LogP contribution in [-0.4, -0.2) is 18.1 Å². The summed E-state index contributed by atoms with van der Waals surface area (Å²) >= 11 is 1.69. The molecule has 0 aliphatic carbocycles. The van der Waals surface area contributed by atoms with Gasteiger partial charge in [-0.2, -0.15) is 24.9 Å². The predicted octanol–water partition coefficient (Wildman–Crippen LogP) is 4.26. The van der Waals surface area contributed by atoms with Gasteiger partial charge in [0.1, 0.15) is 0 Å². The number of para-hydroxylation sites is 1. The summed E-state index contributed by atoms with van der Waals surface area (Å²) in [6, 6.07) is 5.62. The van der Waals surface area contributed by atoms with Gasteiger partial charge in [-0.15, -0.1) is 0 Å². The third kappa shape index (κ3) is 4.50. The summed E-state index contributed by atoms with van der Waals surface area (Å²) < 4.78 is 38.1. The quantitative estimate of drug-likeness (QED) is 0.852. The fraction of sp³-hybridized carbons (Fsp3) is 0.500. The summed E-state index contributed by atoms with van der Waals surface area (Å²) in [6.45, 7) is 1.89. The van der Waals surface area contributed by atoms with Crippen LogP contribution in [0.5, 0.6) is 0 Å². The van der Waals surface area contributed by atoms with Crippen molar-refractivity contribution in [3.05, 3.63) is 29.8 Å². The third-order valence-corrected chi connectivity index (χ3v) is 3.03. The number of hydrogen-bond acceptors (Lipinski definition) is 2. The number of nitrogens with one attached hydrogen (secondary N) is 1. The Hall–Kier alpha value is -0.840. The van der Waals surface area contributed by atoms with Crippen molar-refractivity contribution in [2.75, 3.05) is 17.3 Å². The Balaban J connectivity index is 2.77. The van der Waals surface area contributed by atoms with Gasteiger partial charge in [0.15, 0.2) is 0 Å². The second-order valence-corrected chi connectivity index (χ2v) is 4.86. The van der Waals surface area contributed by atoms with Gasteiger partial charge in [0.2, 0.25) is 0 Å². The summed E-state index contributed by atoms with van der Waals surface area (Å²) in [5.74, 6) is 0.933. The molecule has 0 heterocycles. The summed E-state index contributed by atoms with van der Waals surface area (Å²) in [6.07, 6.45) is -1.48. The van der Waals surface area contributed by atoms with Crippen LogP contribution in [0.2, 0.25) is 0 Å². The van der Waals surface area contributed by atoms with Crippen molar-refractivity contribution >= 4 is 17.4 Å². The first kappa shape index (κ1) is 14.2. The lowest BCUT2D eigenvalue weighted by atomic mass is 10.1. The molecule has 1 N–H and O–H groups in total. The summed E-state index contributed by atoms with van der Waals surface area (Å²) in [5, 5.41) is 2.92. The Bertz CT molecular complexity index is 352. The van der Waals surface area contributed by atoms with E-state index in [1.54, 1.807) is 17.8 Å². The first-order chi connectivity index (χ1) is 7.95. The van der Waals surface area contributed by atoms with Crippen LogP contribution in [-0.2, 0) is 6.18 Å². The normalized spacial score (nSPS) is 13.5. The van der Waals surface area contributed by atoms with Gasteiger partial charge in [-0.1, -0.05) is 12.1 Å². The van der Waals surface area contributed by atoms with E-state index in [2.05, 4.69) is 5.32 Å². The van der Waals surface area contributed by atoms with E-state index in [1.807, 2.05) is 13.2 Å². The van der Waals surface area contributed by atoms with Crippen molar-refractivity contribution in [1.82, 2.24) is 0 Å². The predicted molar refractivity (Wildman–Crippen MR) is 67.5 cm³/mol. The molecule has 5 heteroatoms. The molecule has 0 spiro atoms. The van der Waals surface area contributed by atoms with Gasteiger partial charge in [0.05, 0.1) is 5.56 Å². The largest absolute Gasteiger partial charge is 0.418 e. The number of benzene rings is 1. The van der Waals surface area contributed by atoms with Gasteiger partial charge in [0, 0.05) is 11.7 Å². The van der Waals surface area contributed by atoms with Crippen LogP contribution < -0.4 is 5.32 Å². The van der Waals surface area contributed by atoms with E-state index in [0.29, 0.717) is 0 Å². The van der Waals surface area contributed by atoms with Gasteiger partial charge in [-0.05, 0) is 37.5 Å². The summed E-state index contributed by atoms with van der Waals surface area (Å²) in [5.41, 5.74) is -0.440. The Morgan fingerprint density at radius 3 is 2.53 bits per heavy atom. The Labute approximate surface area is 104 Å². The number of rotatable bonds is 5. The molecule has 1 atom stereocenters. The highest BCUT2D eigenvalue weighted by atomic mass is 32.2. The molecule has 1 unspecified atom stereocenters. The molecule has 0 amide bonds. The Morgan fingerprint density at radius 2 is 1.94 bits per heavy atom. The number of anilines is 1. The average molecular weight is 263 g/mol.